The zero-order valence-electron chi connectivity index (χ0n) is 15.3. The van der Waals surface area contributed by atoms with Crippen molar-refractivity contribution in [3.8, 4) is 17.2 Å². The lowest BCUT2D eigenvalue weighted by molar-refractivity contribution is 0.280. The molecule has 24 heavy (non-hydrogen) atoms. The van der Waals surface area contributed by atoms with E-state index in [1.807, 2.05) is 39.3 Å². The van der Waals surface area contributed by atoms with Gasteiger partial charge in [-0.2, -0.15) is 0 Å². The van der Waals surface area contributed by atoms with Crippen molar-refractivity contribution in [3.63, 3.8) is 0 Å². The van der Waals surface area contributed by atoms with Gasteiger partial charge in [0.05, 0.1) is 19.8 Å². The second kappa shape index (κ2) is 13.9. The maximum absolute atomic E-state index is 5.82. The van der Waals surface area contributed by atoms with Crippen LogP contribution in [0.25, 0.3) is 0 Å². The highest BCUT2D eigenvalue weighted by Crippen LogP contribution is 2.28. The maximum Gasteiger partial charge on any atom is 0.126 e. The Kier molecular flexibility index (Phi) is 11.9. The molecule has 0 aliphatic rings. The Morgan fingerprint density at radius 2 is 0.875 bits per heavy atom. The van der Waals surface area contributed by atoms with E-state index in [1.54, 1.807) is 0 Å². The average molecular weight is 339 g/mol. The van der Waals surface area contributed by atoms with E-state index in [2.05, 4.69) is 16.0 Å². The second-order valence-corrected chi connectivity index (χ2v) is 5.56. The van der Waals surface area contributed by atoms with Crippen molar-refractivity contribution in [3.05, 3.63) is 18.2 Å². The Balaban J connectivity index is 2.58. The molecule has 1 aromatic carbocycles. The molecule has 6 heteroatoms. The molecule has 138 valence electrons. The largest absolute Gasteiger partial charge is 0.493 e. The third-order valence-electron chi connectivity index (χ3n) is 3.37. The van der Waals surface area contributed by atoms with Crippen molar-refractivity contribution in [1.29, 1.82) is 0 Å². The van der Waals surface area contributed by atoms with Gasteiger partial charge in [0, 0.05) is 18.2 Å². The number of rotatable bonds is 15. The molecule has 0 bridgehead atoms. The van der Waals surface area contributed by atoms with Crippen LogP contribution < -0.4 is 30.2 Å². The standard InChI is InChI=1S/C18H33N3O3/c1-19-7-4-10-22-16-13-17(23-11-5-8-20-2)15-18(14-16)24-12-6-9-21-3/h13-15,19-21H,4-12H2,1-3H3. The molecular weight excluding hydrogens is 306 g/mol. The molecule has 0 heterocycles. The zero-order valence-corrected chi connectivity index (χ0v) is 15.3. The molecule has 0 atom stereocenters. The fraction of sp³-hybridized carbons (Fsp3) is 0.667. The van der Waals surface area contributed by atoms with Crippen LogP contribution in [0, 0.1) is 0 Å². The van der Waals surface area contributed by atoms with Crippen molar-refractivity contribution in [2.45, 2.75) is 19.3 Å². The summed E-state index contributed by atoms with van der Waals surface area (Å²) in [4.78, 5) is 0. The molecule has 0 aromatic heterocycles. The highest BCUT2D eigenvalue weighted by molar-refractivity contribution is 5.42. The number of hydrogen-bond donors (Lipinski definition) is 3. The highest BCUT2D eigenvalue weighted by Gasteiger charge is 2.05. The minimum Gasteiger partial charge on any atom is -0.493 e. The van der Waals surface area contributed by atoms with Crippen molar-refractivity contribution in [1.82, 2.24) is 16.0 Å². The summed E-state index contributed by atoms with van der Waals surface area (Å²) in [5, 5.41) is 9.35. The van der Waals surface area contributed by atoms with Crippen LogP contribution in [0.4, 0.5) is 0 Å². The van der Waals surface area contributed by atoms with Gasteiger partial charge in [-0.15, -0.1) is 0 Å². The van der Waals surface area contributed by atoms with Crippen LogP contribution in [0.2, 0.25) is 0 Å². The van der Waals surface area contributed by atoms with E-state index in [9.17, 15) is 0 Å². The van der Waals surface area contributed by atoms with E-state index in [1.165, 1.54) is 0 Å². The second-order valence-electron chi connectivity index (χ2n) is 5.56. The maximum atomic E-state index is 5.82. The van der Waals surface area contributed by atoms with Gasteiger partial charge in [0.15, 0.2) is 0 Å². The fourth-order valence-electron chi connectivity index (χ4n) is 2.11. The Labute approximate surface area is 146 Å². The summed E-state index contributed by atoms with van der Waals surface area (Å²) < 4.78 is 17.5. The first kappa shape index (κ1) is 20.5. The highest BCUT2D eigenvalue weighted by atomic mass is 16.5. The van der Waals surface area contributed by atoms with Crippen molar-refractivity contribution in [2.75, 3.05) is 60.6 Å². The molecule has 0 fully saturated rings. The van der Waals surface area contributed by atoms with Crippen LogP contribution in [0.1, 0.15) is 19.3 Å². The van der Waals surface area contributed by atoms with Crippen molar-refractivity contribution >= 4 is 0 Å². The van der Waals surface area contributed by atoms with Crippen molar-refractivity contribution < 1.29 is 14.2 Å². The predicted molar refractivity (Wildman–Crippen MR) is 98.6 cm³/mol. The third-order valence-corrected chi connectivity index (χ3v) is 3.37. The SMILES string of the molecule is CNCCCOc1cc(OCCCNC)cc(OCCCNC)c1. The summed E-state index contributed by atoms with van der Waals surface area (Å²) in [6.07, 6.45) is 2.88. The van der Waals surface area contributed by atoms with Crippen LogP contribution in [0.3, 0.4) is 0 Å². The predicted octanol–water partition coefficient (Wildman–Crippen LogP) is 1.65. The molecule has 0 saturated heterocycles. The van der Waals surface area contributed by atoms with Gasteiger partial charge in [-0.25, -0.2) is 0 Å². The van der Waals surface area contributed by atoms with Crippen LogP contribution in [0.15, 0.2) is 18.2 Å². The topological polar surface area (TPSA) is 63.8 Å². The third kappa shape index (κ3) is 9.60. The van der Waals surface area contributed by atoms with Gasteiger partial charge < -0.3 is 30.2 Å². The van der Waals surface area contributed by atoms with Gasteiger partial charge in [0.25, 0.3) is 0 Å². The van der Waals surface area contributed by atoms with Gasteiger partial charge in [0.2, 0.25) is 0 Å². The molecule has 3 N–H and O–H groups in total. The van der Waals surface area contributed by atoms with E-state index in [0.29, 0.717) is 19.8 Å². The minimum absolute atomic E-state index is 0.670. The quantitative estimate of drug-likeness (QED) is 0.422. The normalized spacial score (nSPS) is 10.6. The van der Waals surface area contributed by atoms with E-state index in [-0.39, 0.29) is 0 Å². The van der Waals surface area contributed by atoms with Gasteiger partial charge in [0.1, 0.15) is 17.2 Å². The fourth-order valence-corrected chi connectivity index (χ4v) is 2.11. The molecule has 1 rings (SSSR count). The molecule has 0 aliphatic heterocycles. The first-order valence-electron chi connectivity index (χ1n) is 8.77. The number of nitrogens with one attached hydrogen (secondary N) is 3. The summed E-state index contributed by atoms with van der Waals surface area (Å²) in [5.41, 5.74) is 0. The van der Waals surface area contributed by atoms with Crippen LogP contribution in [0.5, 0.6) is 17.2 Å². The van der Waals surface area contributed by atoms with E-state index in [4.69, 9.17) is 14.2 Å². The zero-order chi connectivity index (χ0) is 17.5. The lowest BCUT2D eigenvalue weighted by Crippen LogP contribution is -2.13. The first-order chi connectivity index (χ1) is 11.8. The Morgan fingerprint density at radius 3 is 1.12 bits per heavy atom. The number of hydrogen-bond acceptors (Lipinski definition) is 6. The molecular formula is C18H33N3O3. The van der Waals surface area contributed by atoms with E-state index < -0.39 is 0 Å². The number of ether oxygens (including phenoxy) is 3. The Hall–Kier alpha value is -1.50. The molecule has 0 saturated carbocycles. The average Bonchev–Trinajstić information content (AvgIpc) is 2.59. The summed E-state index contributed by atoms with van der Waals surface area (Å²) in [6.45, 7) is 4.82. The summed E-state index contributed by atoms with van der Waals surface area (Å²) in [6, 6.07) is 5.79. The van der Waals surface area contributed by atoms with Gasteiger partial charge in [-0.1, -0.05) is 0 Å². The van der Waals surface area contributed by atoms with Gasteiger partial charge in [-0.05, 0) is 60.0 Å². The monoisotopic (exact) mass is 339 g/mol. The molecule has 0 unspecified atom stereocenters. The van der Waals surface area contributed by atoms with Crippen LogP contribution in [-0.2, 0) is 0 Å². The molecule has 1 aromatic rings. The molecule has 0 amide bonds. The lowest BCUT2D eigenvalue weighted by Gasteiger charge is -2.13. The number of benzene rings is 1. The summed E-state index contributed by atoms with van der Waals surface area (Å²) in [5.74, 6) is 2.38. The molecule has 0 radical (unpaired) electrons. The molecule has 0 aliphatic carbocycles. The Morgan fingerprint density at radius 1 is 0.583 bits per heavy atom. The van der Waals surface area contributed by atoms with Gasteiger partial charge >= 0.3 is 0 Å². The Bertz CT molecular complexity index is 356. The lowest BCUT2D eigenvalue weighted by atomic mass is 10.3. The first-order valence-corrected chi connectivity index (χ1v) is 8.77. The van der Waals surface area contributed by atoms with Crippen molar-refractivity contribution in [2.24, 2.45) is 0 Å². The minimum atomic E-state index is 0.670. The van der Waals surface area contributed by atoms with Gasteiger partial charge in [-0.3, -0.25) is 0 Å². The van der Waals surface area contributed by atoms with E-state index in [0.717, 1.165) is 56.1 Å². The van der Waals surface area contributed by atoms with Crippen LogP contribution in [-0.4, -0.2) is 60.6 Å². The summed E-state index contributed by atoms with van der Waals surface area (Å²) >= 11 is 0. The molecule has 0 spiro atoms. The van der Waals surface area contributed by atoms with Crippen LogP contribution >= 0.6 is 0 Å². The molecule has 6 nitrogen and oxygen atoms in total. The smallest absolute Gasteiger partial charge is 0.126 e. The summed E-state index contributed by atoms with van der Waals surface area (Å²) in [7, 11) is 5.82. The van der Waals surface area contributed by atoms with E-state index >= 15 is 0 Å².